The summed E-state index contributed by atoms with van der Waals surface area (Å²) in [5, 5.41) is 0. The van der Waals surface area contributed by atoms with Crippen LogP contribution in [0.1, 0.15) is 22.6 Å². The summed E-state index contributed by atoms with van der Waals surface area (Å²) in [4.78, 5) is 16.1. The van der Waals surface area contributed by atoms with Crippen LogP contribution >= 0.6 is 0 Å². The first-order valence-electron chi connectivity index (χ1n) is 5.84. The molecule has 1 aliphatic rings. The van der Waals surface area contributed by atoms with Gasteiger partial charge in [-0.15, -0.1) is 0 Å². The van der Waals surface area contributed by atoms with Crippen molar-refractivity contribution in [2.24, 2.45) is 0 Å². The average Bonchev–Trinajstić information content (AvgIpc) is 2.32. The molecule has 0 saturated heterocycles. The fourth-order valence-corrected chi connectivity index (χ4v) is 2.37. The molecule has 1 heterocycles. The van der Waals surface area contributed by atoms with Crippen LogP contribution in [0.5, 0.6) is 0 Å². The monoisotopic (exact) mass is 223 g/mol. The van der Waals surface area contributed by atoms with Crippen LogP contribution in [0.4, 0.5) is 0 Å². The van der Waals surface area contributed by atoms with E-state index in [0.717, 1.165) is 12.0 Å². The van der Waals surface area contributed by atoms with Crippen molar-refractivity contribution < 1.29 is 4.79 Å². The first kappa shape index (κ1) is 10.2. The molecule has 0 amide bonds. The second kappa shape index (κ2) is 4.13. The molecule has 2 nitrogen and oxygen atoms in total. The first-order valence-corrected chi connectivity index (χ1v) is 5.84. The van der Waals surface area contributed by atoms with Gasteiger partial charge in [-0.2, -0.15) is 0 Å². The second-order valence-corrected chi connectivity index (χ2v) is 4.45. The molecular formula is C15H13NO. The molecule has 0 N–H and O–H groups in total. The van der Waals surface area contributed by atoms with Crippen LogP contribution in [0.25, 0.3) is 0 Å². The number of benzene rings is 1. The summed E-state index contributed by atoms with van der Waals surface area (Å²) in [7, 11) is 0. The third kappa shape index (κ3) is 1.86. The van der Waals surface area contributed by atoms with Crippen molar-refractivity contribution in [3.05, 3.63) is 65.5 Å². The van der Waals surface area contributed by atoms with Crippen molar-refractivity contribution in [2.45, 2.75) is 18.8 Å². The highest BCUT2D eigenvalue weighted by atomic mass is 16.1. The Bertz CT molecular complexity index is 548. The predicted molar refractivity (Wildman–Crippen MR) is 65.8 cm³/mol. The van der Waals surface area contributed by atoms with Gasteiger partial charge in [-0.3, -0.25) is 9.78 Å². The minimum atomic E-state index is 0.111. The molecular weight excluding hydrogens is 210 g/mol. The van der Waals surface area contributed by atoms with Gasteiger partial charge in [0.15, 0.2) is 0 Å². The highest BCUT2D eigenvalue weighted by Gasteiger charge is 2.31. The maximum atomic E-state index is 12.1. The van der Waals surface area contributed by atoms with Gasteiger partial charge in [0.2, 0.25) is 0 Å². The topological polar surface area (TPSA) is 30.0 Å². The molecule has 0 spiro atoms. The molecule has 0 saturated carbocycles. The van der Waals surface area contributed by atoms with Crippen LogP contribution in [-0.2, 0) is 17.6 Å². The lowest BCUT2D eigenvalue weighted by molar-refractivity contribution is -0.120. The lowest BCUT2D eigenvalue weighted by Gasteiger charge is -2.28. The minimum Gasteiger partial charge on any atom is -0.299 e. The van der Waals surface area contributed by atoms with Gasteiger partial charge >= 0.3 is 0 Å². The zero-order valence-corrected chi connectivity index (χ0v) is 9.47. The minimum absolute atomic E-state index is 0.111. The van der Waals surface area contributed by atoms with Gasteiger partial charge in [0.1, 0.15) is 5.78 Å². The summed E-state index contributed by atoms with van der Waals surface area (Å²) < 4.78 is 0. The maximum absolute atomic E-state index is 12.1. The molecule has 1 aromatic carbocycles. The smallest absolute Gasteiger partial charge is 0.145 e. The molecule has 84 valence electrons. The van der Waals surface area contributed by atoms with E-state index in [0.29, 0.717) is 12.2 Å². The summed E-state index contributed by atoms with van der Waals surface area (Å²) in [5.74, 6) is 0.425. The van der Waals surface area contributed by atoms with Crippen molar-refractivity contribution in [1.82, 2.24) is 4.98 Å². The number of aromatic nitrogens is 1. The maximum Gasteiger partial charge on any atom is 0.145 e. The van der Waals surface area contributed by atoms with Gasteiger partial charge in [0.25, 0.3) is 0 Å². The first-order chi connectivity index (χ1) is 8.34. The van der Waals surface area contributed by atoms with E-state index < -0.39 is 0 Å². The normalized spacial score (nSPS) is 17.1. The molecule has 1 aliphatic carbocycles. The van der Waals surface area contributed by atoms with Crippen LogP contribution < -0.4 is 0 Å². The summed E-state index contributed by atoms with van der Waals surface area (Å²) in [6.45, 7) is 0. The number of pyridine rings is 1. The molecule has 3 rings (SSSR count). The zero-order chi connectivity index (χ0) is 11.7. The highest BCUT2D eigenvalue weighted by Crippen LogP contribution is 2.35. The Hall–Kier alpha value is -1.96. The molecule has 17 heavy (non-hydrogen) atoms. The van der Waals surface area contributed by atoms with E-state index in [1.807, 2.05) is 24.3 Å². The third-order valence-electron chi connectivity index (χ3n) is 3.37. The average molecular weight is 223 g/mol. The van der Waals surface area contributed by atoms with Crippen LogP contribution in [0.3, 0.4) is 0 Å². The van der Waals surface area contributed by atoms with Crippen molar-refractivity contribution in [3.8, 4) is 0 Å². The number of hydrogen-bond acceptors (Lipinski definition) is 2. The van der Waals surface area contributed by atoms with Gasteiger partial charge in [-0.1, -0.05) is 24.3 Å². The number of hydrogen-bond donors (Lipinski definition) is 0. The molecule has 1 atom stereocenters. The summed E-state index contributed by atoms with van der Waals surface area (Å²) >= 11 is 0. The highest BCUT2D eigenvalue weighted by molar-refractivity contribution is 5.90. The predicted octanol–water partition coefficient (Wildman–Crippen LogP) is 2.53. The fraction of sp³-hybridized carbons (Fsp3) is 0.200. The van der Waals surface area contributed by atoms with E-state index in [2.05, 4.69) is 17.1 Å². The number of carbonyl (C=O) groups excluding carboxylic acids is 1. The summed E-state index contributed by atoms with van der Waals surface area (Å²) in [6.07, 6.45) is 4.89. The Kier molecular flexibility index (Phi) is 2.48. The second-order valence-electron chi connectivity index (χ2n) is 4.45. The van der Waals surface area contributed by atoms with E-state index in [-0.39, 0.29) is 5.92 Å². The molecule has 0 radical (unpaired) electrons. The Balaban J connectivity index is 1.74. The largest absolute Gasteiger partial charge is 0.299 e. The van der Waals surface area contributed by atoms with Gasteiger partial charge in [-0.25, -0.2) is 0 Å². The van der Waals surface area contributed by atoms with Gasteiger partial charge in [0.05, 0.1) is 0 Å². The standard InChI is InChI=1S/C15H13NO/c17-15(9-11-5-7-16-8-6-11)14-10-12-3-1-2-4-13(12)14/h1-8,14H,9-10H2. The Morgan fingerprint density at radius 1 is 1.18 bits per heavy atom. The molecule has 0 fully saturated rings. The quantitative estimate of drug-likeness (QED) is 0.800. The van der Waals surface area contributed by atoms with E-state index in [1.165, 1.54) is 11.1 Å². The molecule has 2 heteroatoms. The van der Waals surface area contributed by atoms with Crippen molar-refractivity contribution in [1.29, 1.82) is 0 Å². The Morgan fingerprint density at radius 3 is 2.71 bits per heavy atom. The Labute approximate surface area is 100 Å². The fourth-order valence-electron chi connectivity index (χ4n) is 2.37. The van der Waals surface area contributed by atoms with E-state index >= 15 is 0 Å². The van der Waals surface area contributed by atoms with Crippen LogP contribution in [0, 0.1) is 0 Å². The van der Waals surface area contributed by atoms with Gasteiger partial charge < -0.3 is 0 Å². The number of ketones is 1. The molecule has 1 aromatic heterocycles. The summed E-state index contributed by atoms with van der Waals surface area (Å²) in [6, 6.07) is 12.0. The van der Waals surface area contributed by atoms with Crippen LogP contribution in [-0.4, -0.2) is 10.8 Å². The van der Waals surface area contributed by atoms with E-state index in [9.17, 15) is 4.79 Å². The number of nitrogens with zero attached hydrogens (tertiary/aromatic N) is 1. The van der Waals surface area contributed by atoms with Crippen LogP contribution in [0.2, 0.25) is 0 Å². The number of rotatable bonds is 3. The Morgan fingerprint density at radius 2 is 1.94 bits per heavy atom. The van der Waals surface area contributed by atoms with E-state index in [4.69, 9.17) is 0 Å². The van der Waals surface area contributed by atoms with Crippen molar-refractivity contribution in [2.75, 3.05) is 0 Å². The van der Waals surface area contributed by atoms with E-state index in [1.54, 1.807) is 12.4 Å². The van der Waals surface area contributed by atoms with Gasteiger partial charge in [0, 0.05) is 24.7 Å². The third-order valence-corrected chi connectivity index (χ3v) is 3.37. The summed E-state index contributed by atoms with van der Waals surface area (Å²) in [5.41, 5.74) is 3.58. The lowest BCUT2D eigenvalue weighted by Crippen LogP contribution is -2.26. The number of fused-ring (bicyclic) bond motifs is 1. The molecule has 0 aliphatic heterocycles. The zero-order valence-electron chi connectivity index (χ0n) is 9.47. The SMILES string of the molecule is O=C(Cc1ccncc1)C1Cc2ccccc21. The molecule has 0 bridgehead atoms. The molecule has 1 unspecified atom stereocenters. The number of carbonyl (C=O) groups is 1. The van der Waals surface area contributed by atoms with Crippen molar-refractivity contribution in [3.63, 3.8) is 0 Å². The number of Topliss-reactive ketones (excluding diaryl/α,β-unsaturated/α-hetero) is 1. The van der Waals surface area contributed by atoms with Gasteiger partial charge in [-0.05, 0) is 35.2 Å². The molecule has 2 aromatic rings. The van der Waals surface area contributed by atoms with Crippen molar-refractivity contribution >= 4 is 5.78 Å². The lowest BCUT2D eigenvalue weighted by atomic mass is 9.74. The van der Waals surface area contributed by atoms with Crippen LogP contribution in [0.15, 0.2) is 48.8 Å².